The highest BCUT2D eigenvalue weighted by atomic mass is 15.8. The lowest BCUT2D eigenvalue weighted by molar-refractivity contribution is 0.445. The number of hydrazine groups is 2. The van der Waals surface area contributed by atoms with Crippen molar-refractivity contribution in [3.05, 3.63) is 72.3 Å². The molecule has 0 amide bonds. The molecule has 168 valence electrons. The van der Waals surface area contributed by atoms with Gasteiger partial charge in [-0.15, -0.1) is 10.6 Å². The predicted octanol–water partition coefficient (Wildman–Crippen LogP) is 5.52. The molecule has 0 aliphatic carbocycles. The Hall–Kier alpha value is -3.12. The molecule has 0 spiro atoms. The highest BCUT2D eigenvalue weighted by Gasteiger charge is 2.19. The van der Waals surface area contributed by atoms with Gasteiger partial charge in [0.2, 0.25) is 0 Å². The quantitative estimate of drug-likeness (QED) is 0.396. The molecule has 0 radical (unpaired) electrons. The van der Waals surface area contributed by atoms with Gasteiger partial charge in [0.05, 0.1) is 6.33 Å². The van der Waals surface area contributed by atoms with E-state index in [0.29, 0.717) is 5.92 Å². The van der Waals surface area contributed by atoms with Gasteiger partial charge in [-0.3, -0.25) is 5.43 Å². The van der Waals surface area contributed by atoms with Gasteiger partial charge in [0.15, 0.2) is 5.84 Å². The van der Waals surface area contributed by atoms with Gasteiger partial charge in [-0.2, -0.15) is 0 Å². The SMILES string of the molecule is CCCC(CCC(C)CC)c1cc(C2=NNNN2)ccc1-c1ccc(-n2ccnc2)cc1. The Labute approximate surface area is 191 Å². The molecule has 2 aromatic carbocycles. The van der Waals surface area contributed by atoms with Crippen molar-refractivity contribution in [2.24, 2.45) is 11.0 Å². The Balaban J connectivity index is 1.71. The van der Waals surface area contributed by atoms with Crippen LogP contribution in [-0.4, -0.2) is 15.4 Å². The second-order valence-corrected chi connectivity index (χ2v) is 8.72. The van der Waals surface area contributed by atoms with Gasteiger partial charge in [0.25, 0.3) is 0 Å². The van der Waals surface area contributed by atoms with Crippen LogP contribution in [0.2, 0.25) is 0 Å². The van der Waals surface area contributed by atoms with Crippen molar-refractivity contribution in [3.8, 4) is 16.8 Å². The summed E-state index contributed by atoms with van der Waals surface area (Å²) in [6.07, 6.45) is 11.7. The van der Waals surface area contributed by atoms with Gasteiger partial charge in [-0.25, -0.2) is 10.5 Å². The molecule has 1 aliphatic heterocycles. The number of hydrogen-bond acceptors (Lipinski definition) is 5. The van der Waals surface area contributed by atoms with Gasteiger partial charge < -0.3 is 4.57 Å². The lowest BCUT2D eigenvalue weighted by atomic mass is 9.82. The van der Waals surface area contributed by atoms with Crippen molar-refractivity contribution < 1.29 is 0 Å². The van der Waals surface area contributed by atoms with Crippen LogP contribution >= 0.6 is 0 Å². The number of aromatic nitrogens is 2. The van der Waals surface area contributed by atoms with E-state index in [4.69, 9.17) is 0 Å². The second kappa shape index (κ2) is 10.5. The molecule has 0 fully saturated rings. The van der Waals surface area contributed by atoms with Crippen molar-refractivity contribution in [2.75, 3.05) is 0 Å². The minimum Gasteiger partial charge on any atom is -0.306 e. The highest BCUT2D eigenvalue weighted by Crippen LogP contribution is 2.37. The Bertz CT molecular complexity index is 1020. The van der Waals surface area contributed by atoms with E-state index in [1.807, 2.05) is 17.1 Å². The monoisotopic (exact) mass is 430 g/mol. The molecule has 1 aromatic heterocycles. The van der Waals surface area contributed by atoms with Crippen LogP contribution in [0.15, 0.2) is 66.3 Å². The van der Waals surface area contributed by atoms with Crippen molar-refractivity contribution in [1.29, 1.82) is 0 Å². The van der Waals surface area contributed by atoms with Crippen LogP contribution in [0.25, 0.3) is 16.8 Å². The van der Waals surface area contributed by atoms with E-state index < -0.39 is 0 Å². The average molecular weight is 431 g/mol. The van der Waals surface area contributed by atoms with Gasteiger partial charge in [0, 0.05) is 23.6 Å². The maximum Gasteiger partial charge on any atom is 0.170 e. The van der Waals surface area contributed by atoms with E-state index in [1.54, 1.807) is 6.20 Å². The predicted molar refractivity (Wildman–Crippen MR) is 131 cm³/mol. The summed E-state index contributed by atoms with van der Waals surface area (Å²) in [6.45, 7) is 6.94. The number of hydrazone groups is 1. The lowest BCUT2D eigenvalue weighted by Crippen LogP contribution is -2.35. The molecule has 0 bridgehead atoms. The van der Waals surface area contributed by atoms with Crippen LogP contribution < -0.4 is 16.5 Å². The van der Waals surface area contributed by atoms with Crippen molar-refractivity contribution >= 4 is 5.84 Å². The number of amidine groups is 1. The van der Waals surface area contributed by atoms with Gasteiger partial charge in [0.1, 0.15) is 0 Å². The number of hydrogen-bond donors (Lipinski definition) is 3. The van der Waals surface area contributed by atoms with E-state index in [9.17, 15) is 0 Å². The molecule has 2 heterocycles. The molecule has 1 aliphatic rings. The zero-order valence-electron chi connectivity index (χ0n) is 19.3. The Morgan fingerprint density at radius 1 is 0.969 bits per heavy atom. The van der Waals surface area contributed by atoms with Crippen LogP contribution in [-0.2, 0) is 0 Å². The Kier molecular flexibility index (Phi) is 7.22. The zero-order chi connectivity index (χ0) is 22.3. The molecular formula is C26H34N6. The summed E-state index contributed by atoms with van der Waals surface area (Å²) in [4.78, 5) is 4.16. The third kappa shape index (κ3) is 5.02. The standard InChI is InChI=1S/C26H34N6/c1-4-6-20(8-7-19(3)5-2)25-17-22(26-28-30-31-29-26)11-14-24(25)21-9-12-23(13-10-21)32-16-15-27-18-32/h9-20,30-31H,4-8H2,1-3H3,(H,28,29). The summed E-state index contributed by atoms with van der Waals surface area (Å²) in [7, 11) is 0. The summed E-state index contributed by atoms with van der Waals surface area (Å²) >= 11 is 0. The first-order chi connectivity index (χ1) is 15.7. The number of nitrogens with one attached hydrogen (secondary N) is 3. The second-order valence-electron chi connectivity index (χ2n) is 8.72. The number of rotatable bonds is 10. The lowest BCUT2D eigenvalue weighted by Gasteiger charge is -2.23. The number of nitrogens with zero attached hydrogens (tertiary/aromatic N) is 3. The Morgan fingerprint density at radius 2 is 1.78 bits per heavy atom. The molecular weight excluding hydrogens is 396 g/mol. The first kappa shape index (κ1) is 22.1. The van der Waals surface area contributed by atoms with Gasteiger partial charge >= 0.3 is 0 Å². The average Bonchev–Trinajstić information content (AvgIpc) is 3.56. The molecule has 0 saturated heterocycles. The largest absolute Gasteiger partial charge is 0.306 e. The third-order valence-electron chi connectivity index (χ3n) is 6.49. The third-order valence-corrected chi connectivity index (χ3v) is 6.49. The van der Waals surface area contributed by atoms with E-state index in [1.165, 1.54) is 48.8 Å². The van der Waals surface area contributed by atoms with E-state index in [0.717, 1.165) is 23.0 Å². The van der Waals surface area contributed by atoms with Crippen molar-refractivity contribution in [2.45, 2.75) is 58.8 Å². The molecule has 32 heavy (non-hydrogen) atoms. The molecule has 3 N–H and O–H groups in total. The smallest absolute Gasteiger partial charge is 0.170 e. The van der Waals surface area contributed by atoms with Crippen LogP contribution in [0.3, 0.4) is 0 Å². The minimum absolute atomic E-state index is 0.528. The van der Waals surface area contributed by atoms with E-state index in [2.05, 4.69) is 89.8 Å². The maximum atomic E-state index is 4.32. The van der Waals surface area contributed by atoms with E-state index in [-0.39, 0.29) is 0 Å². The fourth-order valence-corrected chi connectivity index (χ4v) is 4.36. The van der Waals surface area contributed by atoms with Crippen molar-refractivity contribution in [3.63, 3.8) is 0 Å². The molecule has 6 nitrogen and oxygen atoms in total. The zero-order valence-corrected chi connectivity index (χ0v) is 19.3. The summed E-state index contributed by atoms with van der Waals surface area (Å²) in [5.41, 5.74) is 14.9. The summed E-state index contributed by atoms with van der Waals surface area (Å²) < 4.78 is 2.03. The van der Waals surface area contributed by atoms with Gasteiger partial charge in [-0.1, -0.05) is 64.3 Å². The number of benzene rings is 2. The first-order valence-electron chi connectivity index (χ1n) is 11.8. The van der Waals surface area contributed by atoms with Gasteiger partial charge in [-0.05, 0) is 59.6 Å². The van der Waals surface area contributed by atoms with E-state index >= 15 is 0 Å². The molecule has 3 aromatic rings. The molecule has 0 saturated carbocycles. The fourth-order valence-electron chi connectivity index (χ4n) is 4.36. The van der Waals surface area contributed by atoms with Crippen LogP contribution in [0.4, 0.5) is 0 Å². The Morgan fingerprint density at radius 3 is 2.44 bits per heavy atom. The van der Waals surface area contributed by atoms with Crippen LogP contribution in [0, 0.1) is 5.92 Å². The number of imidazole rings is 1. The summed E-state index contributed by atoms with van der Waals surface area (Å²) in [5.74, 6) is 2.11. The summed E-state index contributed by atoms with van der Waals surface area (Å²) in [6, 6.07) is 15.5. The molecule has 4 rings (SSSR count). The van der Waals surface area contributed by atoms with Crippen molar-refractivity contribution in [1.82, 2.24) is 26.0 Å². The maximum absolute atomic E-state index is 4.32. The normalized spacial score (nSPS) is 15.0. The summed E-state index contributed by atoms with van der Waals surface area (Å²) in [5, 5.41) is 4.32. The molecule has 2 unspecified atom stereocenters. The van der Waals surface area contributed by atoms with Crippen LogP contribution in [0.5, 0.6) is 0 Å². The minimum atomic E-state index is 0.528. The highest BCUT2D eigenvalue weighted by molar-refractivity contribution is 5.99. The first-order valence-corrected chi connectivity index (χ1v) is 11.8. The molecule has 2 atom stereocenters. The fraction of sp³-hybridized carbons (Fsp3) is 0.385. The molecule has 6 heteroatoms. The van der Waals surface area contributed by atoms with Crippen LogP contribution in [0.1, 0.15) is 69.9 Å². The topological polar surface area (TPSA) is 66.3 Å².